The molecule has 0 spiro atoms. The maximum absolute atomic E-state index is 12.4. The maximum Gasteiger partial charge on any atom is 0.248 e. The highest BCUT2D eigenvalue weighted by atomic mass is 16.5. The van der Waals surface area contributed by atoms with Crippen LogP contribution < -0.4 is 0 Å². The van der Waals surface area contributed by atoms with Crippen LogP contribution in [0.15, 0.2) is 24.3 Å². The van der Waals surface area contributed by atoms with Crippen molar-refractivity contribution in [3.8, 4) is 0 Å². The third-order valence-corrected chi connectivity index (χ3v) is 5.84. The third-order valence-electron chi connectivity index (χ3n) is 5.84. The minimum Gasteiger partial charge on any atom is -0.376 e. The molecule has 4 rings (SSSR count). The van der Waals surface area contributed by atoms with Crippen LogP contribution in [0.3, 0.4) is 0 Å². The van der Waals surface area contributed by atoms with Crippen molar-refractivity contribution < 1.29 is 14.3 Å². The molecule has 6 heteroatoms. The second-order valence-electron chi connectivity index (χ2n) is 7.68. The van der Waals surface area contributed by atoms with E-state index in [1.54, 1.807) is 0 Å². The van der Waals surface area contributed by atoms with Crippen molar-refractivity contribution in [2.24, 2.45) is 7.05 Å². The second kappa shape index (κ2) is 8.40. The molecule has 2 aliphatic heterocycles. The van der Waals surface area contributed by atoms with Gasteiger partial charge in [-0.1, -0.05) is 12.1 Å². The zero-order chi connectivity index (χ0) is 18.6. The number of hydrogen-bond donors (Lipinski definition) is 0. The van der Waals surface area contributed by atoms with Crippen molar-refractivity contribution in [1.29, 1.82) is 0 Å². The van der Waals surface area contributed by atoms with Gasteiger partial charge in [0, 0.05) is 32.7 Å². The Labute approximate surface area is 160 Å². The molecule has 2 aromatic rings. The number of hydrogen-bond acceptors (Lipinski definition) is 4. The number of nitrogens with zero attached hydrogens (tertiary/aromatic N) is 3. The standard InChI is InChI=1S/C21H29N3O3/c1-23-19-8-3-2-7-18(19)22-21(23)16-9-11-24(12-10-16)20(25)15-26-14-17-6-4-5-13-27-17/h2-3,7-8,16-17H,4-6,9-15H2,1H3/t17-/m0/s1. The van der Waals surface area contributed by atoms with E-state index >= 15 is 0 Å². The zero-order valence-corrected chi connectivity index (χ0v) is 16.1. The predicted molar refractivity (Wildman–Crippen MR) is 104 cm³/mol. The SMILES string of the molecule is Cn1c(C2CCN(C(=O)COC[C@@H]3CCCCO3)CC2)nc2ccccc21. The average molecular weight is 371 g/mol. The largest absolute Gasteiger partial charge is 0.376 e. The van der Waals surface area contributed by atoms with Crippen molar-refractivity contribution in [3.05, 3.63) is 30.1 Å². The number of rotatable bonds is 5. The molecule has 6 nitrogen and oxygen atoms in total. The number of fused-ring (bicyclic) bond motifs is 1. The van der Waals surface area contributed by atoms with Gasteiger partial charge in [-0.3, -0.25) is 4.79 Å². The molecule has 0 N–H and O–H groups in total. The van der Waals surface area contributed by atoms with Gasteiger partial charge in [0.2, 0.25) is 5.91 Å². The number of benzene rings is 1. The van der Waals surface area contributed by atoms with E-state index in [-0.39, 0.29) is 18.6 Å². The van der Waals surface area contributed by atoms with Crippen LogP contribution in [0.5, 0.6) is 0 Å². The number of aryl methyl sites for hydroxylation is 1. The predicted octanol–water partition coefficient (Wildman–Crippen LogP) is 2.87. The fraction of sp³-hybridized carbons (Fsp3) is 0.619. The first-order chi connectivity index (χ1) is 13.2. The number of aromatic nitrogens is 2. The van der Waals surface area contributed by atoms with Crippen LogP contribution in [-0.4, -0.2) is 59.4 Å². The maximum atomic E-state index is 12.4. The first-order valence-corrected chi connectivity index (χ1v) is 10.1. The molecular weight excluding hydrogens is 342 g/mol. The van der Waals surface area contributed by atoms with Crippen LogP contribution in [0.25, 0.3) is 11.0 Å². The Balaban J connectivity index is 1.26. The minimum atomic E-state index is 0.0919. The fourth-order valence-corrected chi connectivity index (χ4v) is 4.22. The fourth-order valence-electron chi connectivity index (χ4n) is 4.22. The summed E-state index contributed by atoms with van der Waals surface area (Å²) in [7, 11) is 2.09. The summed E-state index contributed by atoms with van der Waals surface area (Å²) in [4.78, 5) is 19.2. The summed E-state index contributed by atoms with van der Waals surface area (Å²) in [5.41, 5.74) is 2.22. The lowest BCUT2D eigenvalue weighted by molar-refractivity contribution is -0.139. The van der Waals surface area contributed by atoms with Gasteiger partial charge in [-0.05, 0) is 44.2 Å². The summed E-state index contributed by atoms with van der Waals surface area (Å²) < 4.78 is 13.5. The van der Waals surface area contributed by atoms with E-state index in [1.807, 2.05) is 17.0 Å². The van der Waals surface area contributed by atoms with Crippen molar-refractivity contribution in [1.82, 2.24) is 14.5 Å². The van der Waals surface area contributed by atoms with E-state index < -0.39 is 0 Å². The van der Waals surface area contributed by atoms with Crippen molar-refractivity contribution >= 4 is 16.9 Å². The normalized spacial score (nSPS) is 21.7. The van der Waals surface area contributed by atoms with Gasteiger partial charge < -0.3 is 18.9 Å². The number of likely N-dealkylation sites (tertiary alicyclic amines) is 1. The Morgan fingerprint density at radius 2 is 2.04 bits per heavy atom. The number of carbonyl (C=O) groups is 1. The Bertz CT molecular complexity index is 774. The van der Waals surface area contributed by atoms with E-state index in [1.165, 1.54) is 11.9 Å². The molecule has 0 aliphatic carbocycles. The first-order valence-electron chi connectivity index (χ1n) is 10.1. The van der Waals surface area contributed by atoms with Crippen molar-refractivity contribution in [3.63, 3.8) is 0 Å². The Morgan fingerprint density at radius 3 is 2.78 bits per heavy atom. The van der Waals surface area contributed by atoms with Crippen molar-refractivity contribution in [2.75, 3.05) is 32.9 Å². The number of imidazole rings is 1. The van der Waals surface area contributed by atoms with E-state index in [4.69, 9.17) is 14.5 Å². The van der Waals surface area contributed by atoms with Crippen LogP contribution in [0, 0.1) is 0 Å². The first kappa shape index (κ1) is 18.4. The lowest BCUT2D eigenvalue weighted by atomic mass is 9.96. The van der Waals surface area contributed by atoms with E-state index in [0.29, 0.717) is 12.5 Å². The molecule has 0 bridgehead atoms. The van der Waals surface area contributed by atoms with E-state index in [2.05, 4.69) is 23.7 Å². The minimum absolute atomic E-state index is 0.0919. The molecule has 1 aromatic heterocycles. The number of ether oxygens (including phenoxy) is 2. The Kier molecular flexibility index (Phi) is 5.74. The van der Waals surface area contributed by atoms with Gasteiger partial charge in [-0.15, -0.1) is 0 Å². The van der Waals surface area contributed by atoms with Crippen LogP contribution in [0.4, 0.5) is 0 Å². The zero-order valence-electron chi connectivity index (χ0n) is 16.1. The van der Waals surface area contributed by atoms with Gasteiger partial charge in [-0.25, -0.2) is 4.98 Å². The van der Waals surface area contributed by atoms with E-state index in [0.717, 1.165) is 56.7 Å². The van der Waals surface area contributed by atoms with Gasteiger partial charge in [0.05, 0.1) is 23.7 Å². The summed E-state index contributed by atoms with van der Waals surface area (Å²) in [5.74, 6) is 1.63. The summed E-state index contributed by atoms with van der Waals surface area (Å²) in [5, 5.41) is 0. The number of piperidine rings is 1. The Morgan fingerprint density at radius 1 is 1.22 bits per heavy atom. The molecule has 0 unspecified atom stereocenters. The summed E-state index contributed by atoms with van der Waals surface area (Å²) in [6.45, 7) is 3.06. The molecule has 3 heterocycles. The third kappa shape index (κ3) is 4.17. The Hall–Kier alpha value is -1.92. The van der Waals surface area contributed by atoms with E-state index in [9.17, 15) is 4.79 Å². The topological polar surface area (TPSA) is 56.6 Å². The quantitative estimate of drug-likeness (QED) is 0.811. The van der Waals surface area contributed by atoms with Gasteiger partial charge in [0.25, 0.3) is 0 Å². The van der Waals surface area contributed by atoms with Gasteiger partial charge in [0.15, 0.2) is 0 Å². The van der Waals surface area contributed by atoms with Gasteiger partial charge in [-0.2, -0.15) is 0 Å². The lowest BCUT2D eigenvalue weighted by Crippen LogP contribution is -2.40. The van der Waals surface area contributed by atoms with Crippen molar-refractivity contribution in [2.45, 2.75) is 44.1 Å². The molecule has 1 aromatic carbocycles. The second-order valence-corrected chi connectivity index (χ2v) is 7.68. The highest BCUT2D eigenvalue weighted by molar-refractivity contribution is 5.78. The summed E-state index contributed by atoms with van der Waals surface area (Å²) in [6.07, 6.45) is 5.43. The molecule has 0 radical (unpaired) electrons. The highest BCUT2D eigenvalue weighted by Crippen LogP contribution is 2.29. The molecule has 0 saturated carbocycles. The number of carbonyl (C=O) groups excluding carboxylic acids is 1. The van der Waals surface area contributed by atoms with Crippen LogP contribution in [0.2, 0.25) is 0 Å². The van der Waals surface area contributed by atoms with Crippen LogP contribution in [0.1, 0.15) is 43.8 Å². The average Bonchev–Trinajstić information content (AvgIpc) is 3.06. The van der Waals surface area contributed by atoms with Gasteiger partial charge >= 0.3 is 0 Å². The number of amides is 1. The molecule has 1 atom stereocenters. The smallest absolute Gasteiger partial charge is 0.248 e. The molecule has 2 aliphatic rings. The summed E-state index contributed by atoms with van der Waals surface area (Å²) in [6, 6.07) is 8.24. The number of para-hydroxylation sites is 2. The van der Waals surface area contributed by atoms with Crippen LogP contribution in [-0.2, 0) is 21.3 Å². The molecule has 1 amide bonds. The molecule has 2 fully saturated rings. The molecular formula is C21H29N3O3. The molecule has 146 valence electrons. The molecule has 27 heavy (non-hydrogen) atoms. The van der Waals surface area contributed by atoms with Gasteiger partial charge in [0.1, 0.15) is 12.4 Å². The highest BCUT2D eigenvalue weighted by Gasteiger charge is 2.27. The summed E-state index contributed by atoms with van der Waals surface area (Å²) >= 11 is 0. The monoisotopic (exact) mass is 371 g/mol. The lowest BCUT2D eigenvalue weighted by Gasteiger charge is -2.32. The van der Waals surface area contributed by atoms with Crippen LogP contribution >= 0.6 is 0 Å². The molecule has 2 saturated heterocycles.